The Labute approximate surface area is 142 Å². The number of ether oxygens (including phenoxy) is 2. The first-order chi connectivity index (χ1) is 11.7. The number of hydrogen-bond donors (Lipinski definition) is 1. The Morgan fingerprint density at radius 2 is 1.79 bits per heavy atom. The van der Waals surface area contributed by atoms with E-state index in [1.54, 1.807) is 17.0 Å². The Hall–Kier alpha value is -2.24. The highest BCUT2D eigenvalue weighted by molar-refractivity contribution is 5.94. The molecule has 130 valence electrons. The van der Waals surface area contributed by atoms with Crippen LogP contribution in [0.15, 0.2) is 24.3 Å². The maximum Gasteiger partial charge on any atom is 0.409 e. The third kappa shape index (κ3) is 4.40. The lowest BCUT2D eigenvalue weighted by atomic mass is 10.0. The van der Waals surface area contributed by atoms with E-state index in [4.69, 9.17) is 9.47 Å². The van der Waals surface area contributed by atoms with Crippen molar-refractivity contribution in [3.8, 4) is 5.75 Å². The van der Waals surface area contributed by atoms with Gasteiger partial charge in [-0.05, 0) is 55.9 Å². The highest BCUT2D eigenvalue weighted by atomic mass is 16.5. The Morgan fingerprint density at radius 1 is 1.12 bits per heavy atom. The Morgan fingerprint density at radius 3 is 2.38 bits per heavy atom. The van der Waals surface area contributed by atoms with Crippen molar-refractivity contribution < 1.29 is 19.1 Å². The molecule has 2 aliphatic rings. The maximum absolute atomic E-state index is 12.3. The molecule has 3 rings (SSSR count). The number of piperidine rings is 1. The predicted molar refractivity (Wildman–Crippen MR) is 89.1 cm³/mol. The van der Waals surface area contributed by atoms with Crippen molar-refractivity contribution in [3.05, 3.63) is 29.8 Å². The molecule has 1 aliphatic carbocycles. The van der Waals surface area contributed by atoms with Crippen molar-refractivity contribution in [1.82, 2.24) is 10.2 Å². The quantitative estimate of drug-likeness (QED) is 0.899. The van der Waals surface area contributed by atoms with Gasteiger partial charge in [0.15, 0.2) is 0 Å². The molecule has 1 heterocycles. The number of carbonyl (C=O) groups excluding carboxylic acids is 2. The zero-order valence-corrected chi connectivity index (χ0v) is 14.0. The molecule has 0 unspecified atom stereocenters. The van der Waals surface area contributed by atoms with Gasteiger partial charge in [0.1, 0.15) is 5.75 Å². The van der Waals surface area contributed by atoms with Gasteiger partial charge >= 0.3 is 6.09 Å². The molecule has 0 atom stereocenters. The fourth-order valence-electron chi connectivity index (χ4n) is 2.81. The van der Waals surface area contributed by atoms with Gasteiger partial charge in [0, 0.05) is 24.7 Å². The van der Waals surface area contributed by atoms with Crippen LogP contribution >= 0.6 is 0 Å². The normalized spacial score (nSPS) is 18.1. The smallest absolute Gasteiger partial charge is 0.409 e. The lowest BCUT2D eigenvalue weighted by molar-refractivity contribution is 0.0892. The van der Waals surface area contributed by atoms with E-state index < -0.39 is 0 Å². The second-order valence-corrected chi connectivity index (χ2v) is 6.48. The summed E-state index contributed by atoms with van der Waals surface area (Å²) in [5, 5.41) is 3.03. The summed E-state index contributed by atoms with van der Waals surface area (Å²) >= 11 is 0. The van der Waals surface area contributed by atoms with Gasteiger partial charge < -0.3 is 19.7 Å². The van der Waals surface area contributed by atoms with Gasteiger partial charge in [0.2, 0.25) is 0 Å². The summed E-state index contributed by atoms with van der Waals surface area (Å²) in [6.45, 7) is 1.97. The zero-order chi connectivity index (χ0) is 16.9. The number of methoxy groups -OCH3 is 1. The number of hydrogen-bond acceptors (Lipinski definition) is 4. The summed E-state index contributed by atoms with van der Waals surface area (Å²) in [6.07, 6.45) is 3.69. The number of carbonyl (C=O) groups is 2. The standard InChI is InChI=1S/C18H24N2O4/c1-23-18(22)20-10-8-15(9-11-20)19-17(21)14-4-6-16(7-5-14)24-12-13-2-3-13/h4-7,13,15H,2-3,8-12H2,1H3,(H,19,21). The van der Waals surface area contributed by atoms with Gasteiger partial charge in [0.25, 0.3) is 5.91 Å². The highest BCUT2D eigenvalue weighted by Gasteiger charge is 2.24. The second kappa shape index (κ2) is 7.55. The molecule has 6 nitrogen and oxygen atoms in total. The van der Waals surface area contributed by atoms with Crippen LogP contribution in [-0.4, -0.2) is 49.7 Å². The molecular formula is C18H24N2O4. The van der Waals surface area contributed by atoms with E-state index >= 15 is 0 Å². The van der Waals surface area contributed by atoms with Gasteiger partial charge in [-0.2, -0.15) is 0 Å². The van der Waals surface area contributed by atoms with Crippen LogP contribution in [0, 0.1) is 5.92 Å². The van der Waals surface area contributed by atoms with Crippen molar-refractivity contribution in [2.24, 2.45) is 5.92 Å². The topological polar surface area (TPSA) is 67.9 Å². The minimum absolute atomic E-state index is 0.0831. The second-order valence-electron chi connectivity index (χ2n) is 6.48. The van der Waals surface area contributed by atoms with Crippen molar-refractivity contribution in [2.45, 2.75) is 31.7 Å². The molecule has 1 aromatic rings. The molecule has 24 heavy (non-hydrogen) atoms. The number of benzene rings is 1. The molecule has 0 aromatic heterocycles. The van der Waals surface area contributed by atoms with Crippen molar-refractivity contribution in [3.63, 3.8) is 0 Å². The number of amides is 2. The van der Waals surface area contributed by atoms with Crippen LogP contribution in [0.4, 0.5) is 4.79 Å². The third-order valence-corrected chi connectivity index (χ3v) is 4.56. The maximum atomic E-state index is 12.3. The number of likely N-dealkylation sites (tertiary alicyclic amines) is 1. The van der Waals surface area contributed by atoms with Gasteiger partial charge in [-0.3, -0.25) is 4.79 Å². The first kappa shape index (κ1) is 16.6. The first-order valence-corrected chi connectivity index (χ1v) is 8.52. The molecule has 2 amide bonds. The minimum atomic E-state index is -0.304. The minimum Gasteiger partial charge on any atom is -0.493 e. The molecule has 0 bridgehead atoms. The van der Waals surface area contributed by atoms with Crippen LogP contribution in [0.2, 0.25) is 0 Å². The first-order valence-electron chi connectivity index (χ1n) is 8.52. The highest BCUT2D eigenvalue weighted by Crippen LogP contribution is 2.29. The van der Waals surface area contributed by atoms with Gasteiger partial charge in [-0.25, -0.2) is 4.79 Å². The SMILES string of the molecule is COC(=O)N1CCC(NC(=O)c2ccc(OCC3CC3)cc2)CC1. The lowest BCUT2D eigenvalue weighted by Gasteiger charge is -2.31. The Balaban J connectivity index is 1.45. The van der Waals surface area contributed by atoms with Crippen LogP contribution in [0.1, 0.15) is 36.0 Å². The van der Waals surface area contributed by atoms with Crippen LogP contribution in [-0.2, 0) is 4.74 Å². The fraction of sp³-hybridized carbons (Fsp3) is 0.556. The zero-order valence-electron chi connectivity index (χ0n) is 14.0. The van der Waals surface area contributed by atoms with E-state index in [0.717, 1.165) is 25.2 Å². The van der Waals surface area contributed by atoms with Gasteiger partial charge in [-0.15, -0.1) is 0 Å². The average Bonchev–Trinajstić information content (AvgIpc) is 3.45. The van der Waals surface area contributed by atoms with Crippen LogP contribution in [0.25, 0.3) is 0 Å². The summed E-state index contributed by atoms with van der Waals surface area (Å²) in [5.41, 5.74) is 0.629. The fourth-order valence-corrected chi connectivity index (χ4v) is 2.81. The average molecular weight is 332 g/mol. The summed E-state index contributed by atoms with van der Waals surface area (Å²) in [6, 6.07) is 7.36. The molecule has 0 spiro atoms. The number of nitrogens with one attached hydrogen (secondary N) is 1. The lowest BCUT2D eigenvalue weighted by Crippen LogP contribution is -2.46. The van der Waals surface area contributed by atoms with E-state index in [-0.39, 0.29) is 18.0 Å². The summed E-state index contributed by atoms with van der Waals surface area (Å²) < 4.78 is 10.4. The molecule has 1 saturated carbocycles. The van der Waals surface area contributed by atoms with Crippen LogP contribution in [0.3, 0.4) is 0 Å². The van der Waals surface area contributed by atoms with E-state index in [1.165, 1.54) is 20.0 Å². The predicted octanol–water partition coefficient (Wildman–Crippen LogP) is 2.44. The monoisotopic (exact) mass is 332 g/mol. The van der Waals surface area contributed by atoms with E-state index in [2.05, 4.69) is 5.32 Å². The summed E-state index contributed by atoms with van der Waals surface area (Å²) in [5.74, 6) is 1.44. The van der Waals surface area contributed by atoms with E-state index in [9.17, 15) is 9.59 Å². The Kier molecular flexibility index (Phi) is 5.23. The summed E-state index contributed by atoms with van der Waals surface area (Å²) in [4.78, 5) is 25.4. The molecular weight excluding hydrogens is 308 g/mol. The van der Waals surface area contributed by atoms with Crippen molar-refractivity contribution in [2.75, 3.05) is 26.8 Å². The molecule has 2 fully saturated rings. The molecule has 1 aromatic carbocycles. The van der Waals surface area contributed by atoms with Crippen LogP contribution in [0.5, 0.6) is 5.75 Å². The van der Waals surface area contributed by atoms with Crippen molar-refractivity contribution in [1.29, 1.82) is 0 Å². The number of rotatable bonds is 5. The third-order valence-electron chi connectivity index (χ3n) is 4.56. The van der Waals surface area contributed by atoms with E-state index in [1.807, 2.05) is 12.1 Å². The van der Waals surface area contributed by atoms with Crippen molar-refractivity contribution >= 4 is 12.0 Å². The summed E-state index contributed by atoms with van der Waals surface area (Å²) in [7, 11) is 1.38. The largest absolute Gasteiger partial charge is 0.493 e. The van der Waals surface area contributed by atoms with Gasteiger partial charge in [0.05, 0.1) is 13.7 Å². The molecule has 1 saturated heterocycles. The van der Waals surface area contributed by atoms with Gasteiger partial charge in [-0.1, -0.05) is 0 Å². The van der Waals surface area contributed by atoms with E-state index in [0.29, 0.717) is 24.6 Å². The molecule has 1 N–H and O–H groups in total. The van der Waals surface area contributed by atoms with Crippen LogP contribution < -0.4 is 10.1 Å². The molecule has 6 heteroatoms. The molecule has 1 aliphatic heterocycles. The molecule has 0 radical (unpaired) electrons. The number of nitrogens with zero attached hydrogens (tertiary/aromatic N) is 1. The Bertz CT molecular complexity index is 575.